The highest BCUT2D eigenvalue weighted by atomic mass is 35.5. The summed E-state index contributed by atoms with van der Waals surface area (Å²) in [6.07, 6.45) is 2.89. The number of hydrogen-bond acceptors (Lipinski definition) is 5. The van der Waals surface area contributed by atoms with E-state index in [-0.39, 0.29) is 0 Å². The summed E-state index contributed by atoms with van der Waals surface area (Å²) < 4.78 is 11.3. The number of hydrogen-bond donors (Lipinski definition) is 2. The van der Waals surface area contributed by atoms with E-state index in [1.165, 1.54) is 0 Å². The molecule has 0 aliphatic rings. The van der Waals surface area contributed by atoms with E-state index in [9.17, 15) is 5.11 Å². The van der Waals surface area contributed by atoms with Gasteiger partial charge in [-0.25, -0.2) is 0 Å². The number of ether oxygens (including phenoxy) is 2. The van der Waals surface area contributed by atoms with E-state index in [2.05, 4.69) is 10.3 Å². The first-order chi connectivity index (χ1) is 13.7. The molecule has 28 heavy (non-hydrogen) atoms. The van der Waals surface area contributed by atoms with Crippen LogP contribution in [0.3, 0.4) is 0 Å². The molecule has 0 radical (unpaired) electrons. The lowest BCUT2D eigenvalue weighted by Crippen LogP contribution is -2.21. The van der Waals surface area contributed by atoms with Gasteiger partial charge in [0.05, 0.1) is 18.2 Å². The van der Waals surface area contributed by atoms with Gasteiger partial charge in [0.25, 0.3) is 0 Å². The first kappa shape index (κ1) is 20.1. The number of nitrogens with one attached hydrogen (secondary N) is 1. The minimum Gasteiger partial charge on any atom is -0.493 e. The van der Waals surface area contributed by atoms with Crippen LogP contribution >= 0.6 is 11.6 Å². The average molecular weight is 399 g/mol. The lowest BCUT2D eigenvalue weighted by atomic mass is 10.1. The Bertz CT molecular complexity index is 876. The topological polar surface area (TPSA) is 63.6 Å². The zero-order valence-electron chi connectivity index (χ0n) is 15.6. The van der Waals surface area contributed by atoms with Crippen LogP contribution in [0.25, 0.3) is 0 Å². The van der Waals surface area contributed by atoms with Gasteiger partial charge < -0.3 is 19.9 Å². The van der Waals surface area contributed by atoms with E-state index in [4.69, 9.17) is 21.1 Å². The molecule has 0 aliphatic heterocycles. The molecule has 146 valence electrons. The molecule has 0 fully saturated rings. The summed E-state index contributed by atoms with van der Waals surface area (Å²) in [5, 5.41) is 14.0. The molecule has 1 heterocycles. The Morgan fingerprint density at radius 1 is 1.11 bits per heavy atom. The number of methoxy groups -OCH3 is 1. The number of rotatable bonds is 9. The van der Waals surface area contributed by atoms with Crippen LogP contribution in [0.5, 0.6) is 11.5 Å². The smallest absolute Gasteiger partial charge is 0.180 e. The number of aliphatic hydroxyl groups is 1. The maximum Gasteiger partial charge on any atom is 0.180 e. The first-order valence-electron chi connectivity index (χ1n) is 8.99. The van der Waals surface area contributed by atoms with Gasteiger partial charge in [-0.15, -0.1) is 0 Å². The minimum absolute atomic E-state index is 0.352. The van der Waals surface area contributed by atoms with Crippen LogP contribution in [0.1, 0.15) is 22.8 Å². The van der Waals surface area contributed by atoms with Gasteiger partial charge in [-0.1, -0.05) is 48.0 Å². The average Bonchev–Trinajstić information content (AvgIpc) is 2.74. The number of aromatic nitrogens is 1. The highest BCUT2D eigenvalue weighted by Crippen LogP contribution is 2.37. The molecule has 3 aromatic rings. The molecule has 0 saturated heterocycles. The number of aliphatic hydroxyl groups excluding tert-OH is 1. The summed E-state index contributed by atoms with van der Waals surface area (Å²) in [7, 11) is 1.58. The summed E-state index contributed by atoms with van der Waals surface area (Å²) in [5.41, 5.74) is 2.77. The van der Waals surface area contributed by atoms with Gasteiger partial charge in [0.2, 0.25) is 0 Å². The third kappa shape index (κ3) is 5.45. The Hall–Kier alpha value is -2.60. The fourth-order valence-corrected chi connectivity index (χ4v) is 3.09. The number of nitrogens with zero attached hydrogens (tertiary/aromatic N) is 1. The second-order valence-corrected chi connectivity index (χ2v) is 6.72. The standard InChI is InChI=1S/C22H23ClN2O3/c1-27-21-11-17(13-25-14-20(26)18-7-3-2-4-8-18)10-19(23)22(21)28-15-16-6-5-9-24-12-16/h2-12,20,25-26H,13-15H2,1H3/t20-/m1/s1. The largest absolute Gasteiger partial charge is 0.493 e. The van der Waals surface area contributed by atoms with Crippen LogP contribution in [0.2, 0.25) is 5.02 Å². The van der Waals surface area contributed by atoms with E-state index < -0.39 is 6.10 Å². The molecule has 0 aliphatic carbocycles. The van der Waals surface area contributed by atoms with Crippen molar-refractivity contribution in [1.29, 1.82) is 0 Å². The minimum atomic E-state index is -0.569. The van der Waals surface area contributed by atoms with Crippen molar-refractivity contribution in [3.05, 3.63) is 88.7 Å². The van der Waals surface area contributed by atoms with Crippen molar-refractivity contribution < 1.29 is 14.6 Å². The molecule has 2 aromatic carbocycles. The molecular weight excluding hydrogens is 376 g/mol. The van der Waals surface area contributed by atoms with Gasteiger partial charge in [-0.05, 0) is 29.3 Å². The molecule has 1 aromatic heterocycles. The zero-order valence-corrected chi connectivity index (χ0v) is 16.4. The molecule has 0 amide bonds. The first-order valence-corrected chi connectivity index (χ1v) is 9.37. The van der Waals surface area contributed by atoms with Crippen LogP contribution in [-0.2, 0) is 13.2 Å². The van der Waals surface area contributed by atoms with E-state index in [1.807, 2.05) is 54.6 Å². The molecule has 0 unspecified atom stereocenters. The second kappa shape index (κ2) is 10.1. The zero-order chi connectivity index (χ0) is 19.8. The van der Waals surface area contributed by atoms with Crippen LogP contribution < -0.4 is 14.8 Å². The predicted molar refractivity (Wildman–Crippen MR) is 110 cm³/mol. The Morgan fingerprint density at radius 2 is 1.93 bits per heavy atom. The monoisotopic (exact) mass is 398 g/mol. The maximum absolute atomic E-state index is 10.2. The Balaban J connectivity index is 1.60. The van der Waals surface area contributed by atoms with Gasteiger partial charge in [0.1, 0.15) is 6.61 Å². The summed E-state index contributed by atoms with van der Waals surface area (Å²) in [4.78, 5) is 4.07. The molecular formula is C22H23ClN2O3. The van der Waals surface area contributed by atoms with Crippen LogP contribution in [0.4, 0.5) is 0 Å². The molecule has 0 saturated carbocycles. The van der Waals surface area contributed by atoms with Crippen molar-refractivity contribution in [2.75, 3.05) is 13.7 Å². The molecule has 5 nitrogen and oxygen atoms in total. The van der Waals surface area contributed by atoms with Gasteiger partial charge in [-0.2, -0.15) is 0 Å². The maximum atomic E-state index is 10.2. The highest BCUT2D eigenvalue weighted by Gasteiger charge is 2.13. The van der Waals surface area contributed by atoms with Crippen LogP contribution in [0, 0.1) is 0 Å². The van der Waals surface area contributed by atoms with E-state index >= 15 is 0 Å². The Morgan fingerprint density at radius 3 is 2.64 bits per heavy atom. The van der Waals surface area contributed by atoms with Gasteiger partial charge >= 0.3 is 0 Å². The number of pyridine rings is 1. The molecule has 0 bridgehead atoms. The third-order valence-corrected chi connectivity index (χ3v) is 4.53. The molecule has 0 spiro atoms. The highest BCUT2D eigenvalue weighted by molar-refractivity contribution is 6.32. The van der Waals surface area contributed by atoms with Crippen LogP contribution in [0.15, 0.2) is 67.0 Å². The van der Waals surface area contributed by atoms with Crippen molar-refractivity contribution in [1.82, 2.24) is 10.3 Å². The lowest BCUT2D eigenvalue weighted by Gasteiger charge is -2.16. The van der Waals surface area contributed by atoms with Crippen molar-refractivity contribution in [3.8, 4) is 11.5 Å². The predicted octanol–water partition coefficient (Wildman–Crippen LogP) is 4.15. The third-order valence-electron chi connectivity index (χ3n) is 4.25. The Kier molecular flexibility index (Phi) is 7.25. The van der Waals surface area contributed by atoms with E-state index in [0.717, 1.165) is 16.7 Å². The van der Waals surface area contributed by atoms with Gasteiger partial charge in [0, 0.05) is 31.0 Å². The SMILES string of the molecule is COc1cc(CNC[C@@H](O)c2ccccc2)cc(Cl)c1OCc1cccnc1. The van der Waals surface area contributed by atoms with E-state index in [1.54, 1.807) is 19.5 Å². The lowest BCUT2D eigenvalue weighted by molar-refractivity contribution is 0.174. The second-order valence-electron chi connectivity index (χ2n) is 6.32. The normalized spacial score (nSPS) is 11.8. The quantitative estimate of drug-likeness (QED) is 0.567. The summed E-state index contributed by atoms with van der Waals surface area (Å²) in [6.45, 7) is 1.33. The van der Waals surface area contributed by atoms with Gasteiger partial charge in [0.15, 0.2) is 11.5 Å². The van der Waals surface area contributed by atoms with E-state index in [0.29, 0.717) is 36.2 Å². The molecule has 1 atom stereocenters. The van der Waals surface area contributed by atoms with Crippen molar-refractivity contribution in [2.45, 2.75) is 19.3 Å². The van der Waals surface area contributed by atoms with Crippen molar-refractivity contribution in [3.63, 3.8) is 0 Å². The fourth-order valence-electron chi connectivity index (χ4n) is 2.80. The molecule has 6 heteroatoms. The summed E-state index contributed by atoms with van der Waals surface area (Å²) in [6, 6.07) is 17.1. The summed E-state index contributed by atoms with van der Waals surface area (Å²) >= 11 is 6.42. The Labute approximate surface area is 169 Å². The number of benzene rings is 2. The summed E-state index contributed by atoms with van der Waals surface area (Å²) in [5.74, 6) is 1.07. The van der Waals surface area contributed by atoms with Crippen LogP contribution in [-0.4, -0.2) is 23.7 Å². The fraction of sp³-hybridized carbons (Fsp3) is 0.227. The number of halogens is 1. The van der Waals surface area contributed by atoms with Crippen molar-refractivity contribution >= 4 is 11.6 Å². The van der Waals surface area contributed by atoms with Crippen molar-refractivity contribution in [2.24, 2.45) is 0 Å². The molecule has 2 N–H and O–H groups in total. The molecule has 3 rings (SSSR count). The van der Waals surface area contributed by atoms with Gasteiger partial charge in [-0.3, -0.25) is 4.98 Å².